The molecule has 1 aromatic heterocycles. The average molecular weight is 324 g/mol. The number of pyridine rings is 1. The SMILES string of the molecule is CC(C)(C)OC(=O)N1CC[C@@]2(c3cccc(F)n3)OCO[C@H]2C1. The second-order valence-electron chi connectivity index (χ2n) is 6.83. The Morgan fingerprint density at radius 3 is 2.96 bits per heavy atom. The zero-order valence-electron chi connectivity index (χ0n) is 13.5. The quantitative estimate of drug-likeness (QED) is 0.743. The summed E-state index contributed by atoms with van der Waals surface area (Å²) < 4.78 is 30.3. The number of aromatic nitrogens is 1. The summed E-state index contributed by atoms with van der Waals surface area (Å²) in [6, 6.07) is 4.63. The summed E-state index contributed by atoms with van der Waals surface area (Å²) in [6.45, 7) is 6.34. The number of fused-ring (bicyclic) bond motifs is 1. The van der Waals surface area contributed by atoms with Crippen LogP contribution in [0.5, 0.6) is 0 Å². The minimum Gasteiger partial charge on any atom is -0.444 e. The summed E-state index contributed by atoms with van der Waals surface area (Å²) in [6.07, 6.45) is -0.292. The maximum atomic E-state index is 13.5. The summed E-state index contributed by atoms with van der Waals surface area (Å²) in [5.41, 5.74) is -0.854. The molecule has 3 rings (SSSR count). The van der Waals surface area contributed by atoms with E-state index < -0.39 is 23.3 Å². The molecule has 0 aliphatic carbocycles. The second kappa shape index (κ2) is 5.72. The highest BCUT2D eigenvalue weighted by atomic mass is 19.1. The highest BCUT2D eigenvalue weighted by molar-refractivity contribution is 5.68. The Bertz CT molecular complexity index is 604. The van der Waals surface area contributed by atoms with Crippen molar-refractivity contribution in [1.29, 1.82) is 0 Å². The lowest BCUT2D eigenvalue weighted by atomic mass is 9.85. The van der Waals surface area contributed by atoms with Crippen molar-refractivity contribution in [2.45, 2.75) is 44.5 Å². The van der Waals surface area contributed by atoms with E-state index in [-0.39, 0.29) is 12.9 Å². The minimum absolute atomic E-state index is 0.102. The third kappa shape index (κ3) is 3.16. The van der Waals surface area contributed by atoms with Gasteiger partial charge in [-0.1, -0.05) is 6.07 Å². The minimum atomic E-state index is -0.805. The fraction of sp³-hybridized carbons (Fsp3) is 0.625. The van der Waals surface area contributed by atoms with Crippen molar-refractivity contribution in [2.24, 2.45) is 0 Å². The van der Waals surface area contributed by atoms with Gasteiger partial charge in [-0.2, -0.15) is 4.39 Å². The Labute approximate surface area is 134 Å². The molecule has 0 saturated carbocycles. The number of hydrogen-bond acceptors (Lipinski definition) is 5. The Morgan fingerprint density at radius 1 is 1.48 bits per heavy atom. The van der Waals surface area contributed by atoms with Crippen LogP contribution in [-0.2, 0) is 19.8 Å². The van der Waals surface area contributed by atoms with E-state index >= 15 is 0 Å². The van der Waals surface area contributed by atoms with Gasteiger partial charge in [0.15, 0.2) is 0 Å². The molecule has 1 amide bonds. The number of rotatable bonds is 1. The van der Waals surface area contributed by atoms with Crippen LogP contribution in [0.2, 0.25) is 0 Å². The first-order chi connectivity index (χ1) is 10.8. The molecule has 0 spiro atoms. The first-order valence-electron chi connectivity index (χ1n) is 7.67. The number of ether oxygens (including phenoxy) is 3. The number of nitrogens with zero attached hydrogens (tertiary/aromatic N) is 2. The molecule has 23 heavy (non-hydrogen) atoms. The van der Waals surface area contributed by atoms with Crippen molar-refractivity contribution in [3.63, 3.8) is 0 Å². The lowest BCUT2D eigenvalue weighted by Gasteiger charge is -2.41. The van der Waals surface area contributed by atoms with Crippen LogP contribution in [0.1, 0.15) is 32.9 Å². The highest BCUT2D eigenvalue weighted by Gasteiger charge is 2.52. The zero-order valence-corrected chi connectivity index (χ0v) is 13.5. The number of amides is 1. The predicted octanol–water partition coefficient (Wildman–Crippen LogP) is 2.43. The first-order valence-corrected chi connectivity index (χ1v) is 7.67. The van der Waals surface area contributed by atoms with Crippen LogP contribution in [0.15, 0.2) is 18.2 Å². The lowest BCUT2D eigenvalue weighted by Crippen LogP contribution is -2.54. The number of piperidine rings is 1. The molecule has 0 bridgehead atoms. The summed E-state index contributed by atoms with van der Waals surface area (Å²) in [5, 5.41) is 0. The highest BCUT2D eigenvalue weighted by Crippen LogP contribution is 2.41. The summed E-state index contributed by atoms with van der Waals surface area (Å²) in [5.74, 6) is -0.555. The van der Waals surface area contributed by atoms with E-state index in [1.54, 1.807) is 17.0 Å². The van der Waals surface area contributed by atoms with Gasteiger partial charge in [-0.3, -0.25) is 0 Å². The third-order valence-corrected chi connectivity index (χ3v) is 4.05. The van der Waals surface area contributed by atoms with Crippen LogP contribution < -0.4 is 0 Å². The van der Waals surface area contributed by atoms with Crippen LogP contribution in [0.3, 0.4) is 0 Å². The molecule has 2 fully saturated rings. The fourth-order valence-electron chi connectivity index (χ4n) is 2.98. The Hall–Kier alpha value is -1.73. The van der Waals surface area contributed by atoms with Gasteiger partial charge in [-0.05, 0) is 32.9 Å². The van der Waals surface area contributed by atoms with Gasteiger partial charge in [0, 0.05) is 13.0 Å². The van der Waals surface area contributed by atoms with Crippen LogP contribution >= 0.6 is 0 Å². The molecular weight excluding hydrogens is 303 g/mol. The van der Waals surface area contributed by atoms with Crippen molar-refractivity contribution in [1.82, 2.24) is 9.88 Å². The van der Waals surface area contributed by atoms with Gasteiger partial charge >= 0.3 is 6.09 Å². The van der Waals surface area contributed by atoms with Gasteiger partial charge in [0.25, 0.3) is 0 Å². The normalized spacial score (nSPS) is 27.7. The summed E-state index contributed by atoms with van der Waals surface area (Å²) >= 11 is 0. The van der Waals surface area contributed by atoms with Crippen LogP contribution in [0.25, 0.3) is 0 Å². The predicted molar refractivity (Wildman–Crippen MR) is 79.1 cm³/mol. The maximum absolute atomic E-state index is 13.5. The molecule has 2 atom stereocenters. The van der Waals surface area contributed by atoms with Gasteiger partial charge in [-0.25, -0.2) is 9.78 Å². The van der Waals surface area contributed by atoms with Crippen molar-refractivity contribution < 1.29 is 23.4 Å². The van der Waals surface area contributed by atoms with Gasteiger partial charge in [-0.15, -0.1) is 0 Å². The maximum Gasteiger partial charge on any atom is 0.410 e. The Morgan fingerprint density at radius 2 is 2.26 bits per heavy atom. The Kier molecular flexibility index (Phi) is 4.01. The standard InChI is InChI=1S/C16H21FN2O4/c1-15(2,3)23-14(20)19-8-7-16(12(9-19)21-10-22-16)11-5-4-6-13(17)18-11/h4-6,12H,7-10H2,1-3H3/t12-,16-/m0/s1. The second-order valence-corrected chi connectivity index (χ2v) is 6.83. The summed E-state index contributed by atoms with van der Waals surface area (Å²) in [7, 11) is 0. The molecule has 126 valence electrons. The molecule has 3 heterocycles. The third-order valence-electron chi connectivity index (χ3n) is 4.05. The monoisotopic (exact) mass is 324 g/mol. The van der Waals surface area contributed by atoms with E-state index in [9.17, 15) is 9.18 Å². The van der Waals surface area contributed by atoms with Crippen molar-refractivity contribution >= 4 is 6.09 Å². The number of halogens is 1. The largest absolute Gasteiger partial charge is 0.444 e. The van der Waals surface area contributed by atoms with E-state index in [0.717, 1.165) is 0 Å². The van der Waals surface area contributed by atoms with Gasteiger partial charge in [0.1, 0.15) is 24.1 Å². The molecule has 2 aliphatic rings. The number of carbonyl (C=O) groups excluding carboxylic acids is 1. The fourth-order valence-corrected chi connectivity index (χ4v) is 2.98. The molecule has 0 radical (unpaired) electrons. The van der Waals surface area contributed by atoms with Crippen LogP contribution in [0.4, 0.5) is 9.18 Å². The first kappa shape index (κ1) is 16.1. The van der Waals surface area contributed by atoms with Crippen molar-refractivity contribution in [3.05, 3.63) is 29.8 Å². The van der Waals surface area contributed by atoms with Crippen LogP contribution in [-0.4, -0.2) is 47.6 Å². The van der Waals surface area contributed by atoms with Gasteiger partial charge in [0.2, 0.25) is 5.95 Å². The van der Waals surface area contributed by atoms with E-state index in [1.807, 2.05) is 20.8 Å². The molecule has 0 aromatic carbocycles. The number of likely N-dealkylation sites (tertiary alicyclic amines) is 1. The molecule has 2 aliphatic heterocycles. The van der Waals surface area contributed by atoms with Gasteiger partial charge < -0.3 is 19.1 Å². The molecule has 6 nitrogen and oxygen atoms in total. The lowest BCUT2D eigenvalue weighted by molar-refractivity contribution is -0.0567. The molecule has 2 saturated heterocycles. The average Bonchev–Trinajstić information content (AvgIpc) is 2.89. The zero-order chi connectivity index (χ0) is 16.7. The molecule has 1 aromatic rings. The Balaban J connectivity index is 1.78. The molecule has 7 heteroatoms. The smallest absolute Gasteiger partial charge is 0.410 e. The topological polar surface area (TPSA) is 60.9 Å². The van der Waals surface area contributed by atoms with E-state index in [2.05, 4.69) is 4.98 Å². The van der Waals surface area contributed by atoms with E-state index in [1.165, 1.54) is 6.07 Å². The summed E-state index contributed by atoms with van der Waals surface area (Å²) in [4.78, 5) is 17.8. The van der Waals surface area contributed by atoms with Gasteiger partial charge in [0.05, 0.1) is 12.2 Å². The number of carbonyl (C=O) groups is 1. The van der Waals surface area contributed by atoms with E-state index in [4.69, 9.17) is 14.2 Å². The van der Waals surface area contributed by atoms with Crippen molar-refractivity contribution in [2.75, 3.05) is 19.9 Å². The van der Waals surface area contributed by atoms with E-state index in [0.29, 0.717) is 25.2 Å². The van der Waals surface area contributed by atoms with Crippen molar-refractivity contribution in [3.8, 4) is 0 Å². The van der Waals surface area contributed by atoms with Crippen LogP contribution in [0, 0.1) is 5.95 Å². The molecule has 0 unspecified atom stereocenters. The molecular formula is C16H21FN2O4. The number of hydrogen-bond donors (Lipinski definition) is 0. The molecule has 0 N–H and O–H groups in total.